The lowest BCUT2D eigenvalue weighted by Gasteiger charge is -2.26. The van der Waals surface area contributed by atoms with Crippen LogP contribution >= 0.6 is 11.6 Å². The molecule has 0 amide bonds. The zero-order valence-electron chi connectivity index (χ0n) is 21.0. The van der Waals surface area contributed by atoms with Crippen molar-refractivity contribution in [1.29, 1.82) is 0 Å². The Morgan fingerprint density at radius 2 is 1.94 bits per heavy atom. The van der Waals surface area contributed by atoms with Gasteiger partial charge in [0.2, 0.25) is 0 Å². The lowest BCUT2D eigenvalue weighted by Crippen LogP contribution is -2.35. The molecule has 0 unspecified atom stereocenters. The molecule has 0 aliphatic rings. The van der Waals surface area contributed by atoms with E-state index in [1.807, 2.05) is 50.4 Å². The number of nitrogens with zero attached hydrogens (tertiary/aromatic N) is 2. The summed E-state index contributed by atoms with van der Waals surface area (Å²) in [5.74, 6) is 0.0667. The summed E-state index contributed by atoms with van der Waals surface area (Å²) in [7, 11) is 1.38. The Kier molecular flexibility index (Phi) is 9.24. The van der Waals surface area contributed by atoms with Crippen LogP contribution in [0.3, 0.4) is 0 Å². The van der Waals surface area contributed by atoms with Gasteiger partial charge in [-0.2, -0.15) is 0 Å². The molecule has 0 saturated heterocycles. The van der Waals surface area contributed by atoms with Crippen molar-refractivity contribution in [2.75, 3.05) is 13.7 Å². The van der Waals surface area contributed by atoms with E-state index in [2.05, 4.69) is 24.1 Å². The van der Waals surface area contributed by atoms with Gasteiger partial charge in [0, 0.05) is 59.4 Å². The van der Waals surface area contributed by atoms with E-state index in [4.69, 9.17) is 16.3 Å². The number of carbonyl (C=O) groups excluding carboxylic acids is 1. The van der Waals surface area contributed by atoms with Gasteiger partial charge in [-0.15, -0.1) is 0 Å². The molecule has 3 rings (SSSR count). The minimum atomic E-state index is -0.339. The average Bonchev–Trinajstić information content (AvgIpc) is 2.80. The monoisotopic (exact) mass is 495 g/mol. The van der Waals surface area contributed by atoms with Crippen LogP contribution in [0.4, 0.5) is 0 Å². The topological polar surface area (TPSA) is 73.2 Å². The summed E-state index contributed by atoms with van der Waals surface area (Å²) in [4.78, 5) is 29.4. The number of esters is 1. The molecule has 0 radical (unpaired) electrons. The summed E-state index contributed by atoms with van der Waals surface area (Å²) < 4.78 is 6.74. The van der Waals surface area contributed by atoms with Gasteiger partial charge in [-0.25, -0.2) is 0 Å². The Labute approximate surface area is 212 Å². The third-order valence-electron chi connectivity index (χ3n) is 6.11. The molecule has 2 aromatic heterocycles. The van der Waals surface area contributed by atoms with Crippen LogP contribution in [-0.4, -0.2) is 29.2 Å². The Balaban J connectivity index is 1.93. The molecule has 6 nitrogen and oxygen atoms in total. The third kappa shape index (κ3) is 7.03. The standard InChI is InChI=1S/C28H34ClN3O3/c1-18(2)11-23(32-10-9-19(3)12-26(32)33)17-31-25(14-27(34)35-5)21-13-22(16-30-15-21)28-20(4)7-6-8-24(28)29/h6-10,12-13,15-16,18,23,25,31H,11,14,17H2,1-5H3/t23-,25-/m0/s1. The molecule has 35 heavy (non-hydrogen) atoms. The number of benzene rings is 1. The van der Waals surface area contributed by atoms with Gasteiger partial charge in [-0.1, -0.05) is 37.6 Å². The van der Waals surface area contributed by atoms with Crippen molar-refractivity contribution in [2.45, 2.75) is 52.6 Å². The van der Waals surface area contributed by atoms with E-state index >= 15 is 0 Å². The van der Waals surface area contributed by atoms with Crippen molar-refractivity contribution in [3.05, 3.63) is 87.1 Å². The Bertz CT molecular complexity index is 1200. The van der Waals surface area contributed by atoms with Crippen LogP contribution in [-0.2, 0) is 9.53 Å². The van der Waals surface area contributed by atoms with Gasteiger partial charge in [0.1, 0.15) is 0 Å². The van der Waals surface area contributed by atoms with Crippen molar-refractivity contribution in [3.63, 3.8) is 0 Å². The molecule has 0 fully saturated rings. The van der Waals surface area contributed by atoms with Crippen LogP contribution in [0.15, 0.2) is 59.8 Å². The highest BCUT2D eigenvalue weighted by Crippen LogP contribution is 2.32. The maximum absolute atomic E-state index is 12.7. The summed E-state index contributed by atoms with van der Waals surface area (Å²) in [6.45, 7) is 8.70. The second-order valence-corrected chi connectivity index (χ2v) is 9.82. The summed E-state index contributed by atoms with van der Waals surface area (Å²) in [6.07, 6.45) is 6.34. The number of ether oxygens (including phenoxy) is 1. The molecule has 1 aromatic carbocycles. The van der Waals surface area contributed by atoms with E-state index in [0.717, 1.165) is 34.2 Å². The summed E-state index contributed by atoms with van der Waals surface area (Å²) in [6, 6.07) is 11.0. The summed E-state index contributed by atoms with van der Waals surface area (Å²) >= 11 is 6.50. The maximum Gasteiger partial charge on any atom is 0.307 e. The van der Waals surface area contributed by atoms with Gasteiger partial charge >= 0.3 is 5.97 Å². The van der Waals surface area contributed by atoms with E-state index in [1.165, 1.54) is 7.11 Å². The van der Waals surface area contributed by atoms with E-state index < -0.39 is 0 Å². The molecule has 7 heteroatoms. The first kappa shape index (κ1) is 26.6. The van der Waals surface area contributed by atoms with Crippen LogP contribution in [0, 0.1) is 19.8 Å². The van der Waals surface area contributed by atoms with Crippen LogP contribution in [0.2, 0.25) is 5.02 Å². The largest absolute Gasteiger partial charge is 0.469 e. The number of rotatable bonds is 10. The molecule has 0 bridgehead atoms. The number of methoxy groups -OCH3 is 1. The van der Waals surface area contributed by atoms with Crippen LogP contribution < -0.4 is 10.9 Å². The second kappa shape index (κ2) is 12.1. The zero-order valence-corrected chi connectivity index (χ0v) is 21.8. The van der Waals surface area contributed by atoms with Crippen LogP contribution in [0.5, 0.6) is 0 Å². The lowest BCUT2D eigenvalue weighted by atomic mass is 9.97. The molecule has 0 aliphatic heterocycles. The van der Waals surface area contributed by atoms with E-state index in [1.54, 1.807) is 23.0 Å². The first-order valence-corrected chi connectivity index (χ1v) is 12.3. The third-order valence-corrected chi connectivity index (χ3v) is 6.43. The van der Waals surface area contributed by atoms with Crippen molar-refractivity contribution >= 4 is 17.6 Å². The number of nitrogens with one attached hydrogen (secondary N) is 1. The van der Waals surface area contributed by atoms with Gasteiger partial charge in [-0.3, -0.25) is 14.6 Å². The molecule has 3 aromatic rings. The fourth-order valence-electron chi connectivity index (χ4n) is 4.35. The molecule has 2 atom stereocenters. The second-order valence-electron chi connectivity index (χ2n) is 9.41. The van der Waals surface area contributed by atoms with Crippen molar-refractivity contribution in [1.82, 2.24) is 14.9 Å². The van der Waals surface area contributed by atoms with Crippen LogP contribution in [0.25, 0.3) is 11.1 Å². The smallest absolute Gasteiger partial charge is 0.307 e. The SMILES string of the molecule is COC(=O)C[C@H](NC[C@H](CC(C)C)n1ccc(C)cc1=O)c1cncc(-c2c(C)cccc2Cl)c1. The molecule has 2 heterocycles. The Hall–Kier alpha value is -2.96. The van der Waals surface area contributed by atoms with Crippen LogP contribution in [0.1, 0.15) is 55.5 Å². The Morgan fingerprint density at radius 1 is 1.17 bits per heavy atom. The summed E-state index contributed by atoms with van der Waals surface area (Å²) in [5.41, 5.74) is 4.61. The van der Waals surface area contributed by atoms with E-state index in [9.17, 15) is 9.59 Å². The predicted molar refractivity (Wildman–Crippen MR) is 141 cm³/mol. The van der Waals surface area contributed by atoms with Gasteiger partial charge in [0.25, 0.3) is 5.56 Å². The molecule has 186 valence electrons. The molecule has 1 N–H and O–H groups in total. The highest BCUT2D eigenvalue weighted by molar-refractivity contribution is 6.33. The van der Waals surface area contributed by atoms with Crippen molar-refractivity contribution < 1.29 is 9.53 Å². The number of halogens is 1. The van der Waals surface area contributed by atoms with E-state index in [-0.39, 0.29) is 30.0 Å². The zero-order chi connectivity index (χ0) is 25.5. The van der Waals surface area contributed by atoms with Crippen molar-refractivity contribution in [3.8, 4) is 11.1 Å². The van der Waals surface area contributed by atoms with Gasteiger partial charge in [0.05, 0.1) is 13.5 Å². The number of aromatic nitrogens is 2. The van der Waals surface area contributed by atoms with Gasteiger partial charge in [-0.05, 0) is 61.1 Å². The first-order valence-electron chi connectivity index (χ1n) is 11.9. The molecular formula is C28H34ClN3O3. The highest BCUT2D eigenvalue weighted by atomic mass is 35.5. The average molecular weight is 496 g/mol. The van der Waals surface area contributed by atoms with Gasteiger partial charge in [0.15, 0.2) is 0 Å². The minimum absolute atomic E-state index is 0.0279. The first-order chi connectivity index (χ1) is 16.7. The number of hydrogen-bond acceptors (Lipinski definition) is 5. The fourth-order valence-corrected chi connectivity index (χ4v) is 4.68. The number of hydrogen-bond donors (Lipinski definition) is 1. The molecular weight excluding hydrogens is 462 g/mol. The predicted octanol–water partition coefficient (Wildman–Crippen LogP) is 5.66. The molecule has 0 saturated carbocycles. The molecule has 0 spiro atoms. The van der Waals surface area contributed by atoms with E-state index in [0.29, 0.717) is 17.5 Å². The maximum atomic E-state index is 12.7. The number of aryl methyl sites for hydroxylation is 2. The minimum Gasteiger partial charge on any atom is -0.469 e. The molecule has 0 aliphatic carbocycles. The van der Waals surface area contributed by atoms with Crippen molar-refractivity contribution in [2.24, 2.45) is 5.92 Å². The lowest BCUT2D eigenvalue weighted by molar-refractivity contribution is -0.141. The number of carbonyl (C=O) groups is 1. The normalized spacial score (nSPS) is 13.0. The van der Waals surface area contributed by atoms with Gasteiger partial charge < -0.3 is 14.6 Å². The fraction of sp³-hybridized carbons (Fsp3) is 0.393. The quantitative estimate of drug-likeness (QED) is 0.367. The summed E-state index contributed by atoms with van der Waals surface area (Å²) in [5, 5.41) is 4.17. The number of pyridine rings is 2. The highest BCUT2D eigenvalue weighted by Gasteiger charge is 2.21. The Morgan fingerprint density at radius 3 is 2.60 bits per heavy atom.